The van der Waals surface area contributed by atoms with Crippen LogP contribution in [0.2, 0.25) is 0 Å². The average Bonchev–Trinajstić information content (AvgIpc) is 2.50. The number of hydrogen-bond acceptors (Lipinski definition) is 3. The van der Waals surface area contributed by atoms with Gasteiger partial charge in [0.1, 0.15) is 17.7 Å². The number of benzene rings is 2. The first-order chi connectivity index (χ1) is 10.0. The Kier molecular flexibility index (Phi) is 4.68. The molecule has 2 N–H and O–H groups in total. The molecule has 0 aliphatic heterocycles. The van der Waals surface area contributed by atoms with E-state index in [1.54, 1.807) is 6.07 Å². The Labute approximate surface area is 128 Å². The van der Waals surface area contributed by atoms with Crippen LogP contribution >= 0.6 is 15.9 Å². The molecule has 108 valence electrons. The molecule has 0 amide bonds. The van der Waals surface area contributed by atoms with Gasteiger partial charge in [-0.15, -0.1) is 0 Å². The summed E-state index contributed by atoms with van der Waals surface area (Å²) in [5.74, 6) is -1.44. The fourth-order valence-corrected chi connectivity index (χ4v) is 2.65. The van der Waals surface area contributed by atoms with E-state index in [1.165, 1.54) is 18.2 Å². The minimum absolute atomic E-state index is 0.00747. The fourth-order valence-electron chi connectivity index (χ4n) is 2.05. The molecule has 2 aromatic carbocycles. The lowest BCUT2D eigenvalue weighted by Gasteiger charge is -2.14. The van der Waals surface area contributed by atoms with E-state index in [9.17, 15) is 19.0 Å². The zero-order valence-electron chi connectivity index (χ0n) is 10.7. The second-order valence-electron chi connectivity index (χ2n) is 4.33. The largest absolute Gasteiger partial charge is 0.392 e. The molecule has 0 heterocycles. The molecule has 2 aromatic rings. The van der Waals surface area contributed by atoms with Crippen molar-refractivity contribution in [3.05, 3.63) is 57.1 Å². The molecule has 21 heavy (non-hydrogen) atoms. The van der Waals surface area contributed by atoms with Gasteiger partial charge in [0.2, 0.25) is 0 Å². The van der Waals surface area contributed by atoms with E-state index in [0.717, 1.165) is 6.07 Å². The Hall–Kier alpha value is -1.81. The minimum atomic E-state index is -0.823. The average molecular weight is 354 g/mol. The van der Waals surface area contributed by atoms with Crippen LogP contribution in [0, 0.1) is 23.0 Å². The van der Waals surface area contributed by atoms with Crippen LogP contribution in [0.3, 0.4) is 0 Å². The van der Waals surface area contributed by atoms with Crippen molar-refractivity contribution in [1.82, 2.24) is 0 Å². The zero-order valence-corrected chi connectivity index (χ0v) is 12.3. The number of halogens is 3. The van der Waals surface area contributed by atoms with Gasteiger partial charge in [-0.05, 0) is 45.3 Å². The van der Waals surface area contributed by atoms with Crippen molar-refractivity contribution in [1.29, 1.82) is 5.26 Å². The Morgan fingerprint density at radius 3 is 2.43 bits per heavy atom. The molecule has 0 aromatic heterocycles. The highest BCUT2D eigenvalue weighted by atomic mass is 79.9. The van der Waals surface area contributed by atoms with Crippen LogP contribution < -0.4 is 0 Å². The predicted molar refractivity (Wildman–Crippen MR) is 76.1 cm³/mol. The Bertz CT molecular complexity index is 741. The maximum Gasteiger partial charge on any atom is 0.148 e. The first-order valence-electron chi connectivity index (χ1n) is 5.95. The van der Waals surface area contributed by atoms with E-state index >= 15 is 0 Å². The predicted octanol–water partition coefficient (Wildman–Crippen LogP) is 3.25. The van der Waals surface area contributed by atoms with Crippen molar-refractivity contribution in [2.45, 2.75) is 13.2 Å². The van der Waals surface area contributed by atoms with Gasteiger partial charge in [-0.2, -0.15) is 5.26 Å². The van der Waals surface area contributed by atoms with E-state index in [4.69, 9.17) is 5.26 Å². The molecular weight excluding hydrogens is 344 g/mol. The van der Waals surface area contributed by atoms with Crippen LogP contribution in [0.5, 0.6) is 0 Å². The Balaban J connectivity index is 2.84. The smallest absolute Gasteiger partial charge is 0.148 e. The number of nitriles is 1. The van der Waals surface area contributed by atoms with Gasteiger partial charge >= 0.3 is 0 Å². The van der Waals surface area contributed by atoms with Crippen LogP contribution in [0.1, 0.15) is 16.7 Å². The maximum atomic E-state index is 14.4. The van der Waals surface area contributed by atoms with Crippen molar-refractivity contribution < 1.29 is 19.0 Å². The first kappa shape index (κ1) is 15.6. The summed E-state index contributed by atoms with van der Waals surface area (Å²) in [5, 5.41) is 27.5. The molecule has 0 bridgehead atoms. The van der Waals surface area contributed by atoms with Gasteiger partial charge in [0.15, 0.2) is 0 Å². The van der Waals surface area contributed by atoms with Crippen LogP contribution in [-0.2, 0) is 13.2 Å². The molecule has 3 nitrogen and oxygen atoms in total. The van der Waals surface area contributed by atoms with E-state index in [2.05, 4.69) is 15.9 Å². The molecule has 0 radical (unpaired) electrons. The summed E-state index contributed by atoms with van der Waals surface area (Å²) >= 11 is 3.04. The molecule has 6 heteroatoms. The van der Waals surface area contributed by atoms with Gasteiger partial charge in [0, 0.05) is 11.1 Å². The monoisotopic (exact) mass is 353 g/mol. The first-order valence-corrected chi connectivity index (χ1v) is 6.74. The molecule has 0 unspecified atom stereocenters. The number of rotatable bonds is 3. The Morgan fingerprint density at radius 1 is 1.14 bits per heavy atom. The topological polar surface area (TPSA) is 64.2 Å². The second kappa shape index (κ2) is 6.31. The number of aliphatic hydroxyl groups excluding tert-OH is 2. The lowest BCUT2D eigenvalue weighted by molar-refractivity contribution is 0.281. The van der Waals surface area contributed by atoms with Crippen molar-refractivity contribution >= 4 is 15.9 Å². The maximum absolute atomic E-state index is 14.4. The van der Waals surface area contributed by atoms with Crippen LogP contribution in [0.4, 0.5) is 8.78 Å². The second-order valence-corrected chi connectivity index (χ2v) is 5.12. The fraction of sp³-hybridized carbons (Fsp3) is 0.133. The number of aliphatic hydroxyl groups is 2. The summed E-state index contributed by atoms with van der Waals surface area (Å²) in [4.78, 5) is 0. The standard InChI is InChI=1S/C15H10BrF2NO2/c16-14-12(17)2-1-9(7-21)13(14)11-4-8(6-20)3-10(5-19)15(11)18/h1-4,20-21H,6-7H2. The molecule has 0 aliphatic carbocycles. The third-order valence-corrected chi connectivity index (χ3v) is 3.83. The normalized spacial score (nSPS) is 10.5. The summed E-state index contributed by atoms with van der Waals surface area (Å²) < 4.78 is 28.1. The quantitative estimate of drug-likeness (QED) is 0.890. The minimum Gasteiger partial charge on any atom is -0.392 e. The highest BCUT2D eigenvalue weighted by molar-refractivity contribution is 9.10. The van der Waals surface area contributed by atoms with Crippen molar-refractivity contribution in [3.8, 4) is 17.2 Å². The molecule has 0 saturated carbocycles. The van der Waals surface area contributed by atoms with Crippen LogP contribution in [0.25, 0.3) is 11.1 Å². The summed E-state index contributed by atoms with van der Waals surface area (Å²) in [6, 6.07) is 6.74. The third-order valence-electron chi connectivity index (χ3n) is 3.06. The van der Waals surface area contributed by atoms with Gasteiger partial charge in [-0.25, -0.2) is 8.78 Å². The van der Waals surface area contributed by atoms with Gasteiger partial charge < -0.3 is 10.2 Å². The van der Waals surface area contributed by atoms with Gasteiger partial charge in [-0.3, -0.25) is 0 Å². The number of hydrogen-bond donors (Lipinski definition) is 2. The summed E-state index contributed by atoms with van der Waals surface area (Å²) in [6.45, 7) is -0.803. The summed E-state index contributed by atoms with van der Waals surface area (Å²) in [6.07, 6.45) is 0. The highest BCUT2D eigenvalue weighted by Crippen LogP contribution is 2.36. The van der Waals surface area contributed by atoms with E-state index in [-0.39, 0.29) is 27.8 Å². The summed E-state index contributed by atoms with van der Waals surface area (Å²) in [7, 11) is 0. The molecule has 2 rings (SSSR count). The Morgan fingerprint density at radius 2 is 1.86 bits per heavy atom. The molecule has 0 atom stereocenters. The van der Waals surface area contributed by atoms with Crippen molar-refractivity contribution in [2.75, 3.05) is 0 Å². The van der Waals surface area contributed by atoms with Gasteiger partial charge in [-0.1, -0.05) is 6.07 Å². The SMILES string of the molecule is N#Cc1cc(CO)cc(-c2c(CO)ccc(F)c2Br)c1F. The summed E-state index contributed by atoms with van der Waals surface area (Å²) in [5.41, 5.74) is 0.455. The van der Waals surface area contributed by atoms with Gasteiger partial charge in [0.25, 0.3) is 0 Å². The zero-order chi connectivity index (χ0) is 15.6. The van der Waals surface area contributed by atoms with E-state index in [1.807, 2.05) is 0 Å². The molecule has 0 fully saturated rings. The van der Waals surface area contributed by atoms with E-state index < -0.39 is 18.2 Å². The molecular formula is C15H10BrF2NO2. The van der Waals surface area contributed by atoms with Crippen molar-refractivity contribution in [2.24, 2.45) is 0 Å². The van der Waals surface area contributed by atoms with E-state index in [0.29, 0.717) is 11.1 Å². The molecule has 0 saturated heterocycles. The van der Waals surface area contributed by atoms with Crippen LogP contribution in [-0.4, -0.2) is 10.2 Å². The van der Waals surface area contributed by atoms with Crippen molar-refractivity contribution in [3.63, 3.8) is 0 Å². The lowest BCUT2D eigenvalue weighted by atomic mass is 9.95. The lowest BCUT2D eigenvalue weighted by Crippen LogP contribution is -1.99. The number of nitrogens with zero attached hydrogens (tertiary/aromatic N) is 1. The highest BCUT2D eigenvalue weighted by Gasteiger charge is 2.19. The molecule has 0 spiro atoms. The van der Waals surface area contributed by atoms with Gasteiger partial charge in [0.05, 0.1) is 23.2 Å². The molecule has 0 aliphatic rings. The third kappa shape index (κ3) is 2.81. The van der Waals surface area contributed by atoms with Crippen LogP contribution in [0.15, 0.2) is 28.7 Å².